The van der Waals surface area contributed by atoms with Crippen LogP contribution in [0.4, 0.5) is 0 Å². The van der Waals surface area contributed by atoms with E-state index < -0.39 is 0 Å². The van der Waals surface area contributed by atoms with Crippen molar-refractivity contribution >= 4 is 23.3 Å². The van der Waals surface area contributed by atoms with E-state index in [1.807, 2.05) is 13.8 Å². The van der Waals surface area contributed by atoms with Crippen LogP contribution in [-0.4, -0.2) is 45.2 Å². The summed E-state index contributed by atoms with van der Waals surface area (Å²) in [5.41, 5.74) is 0.663. The molecule has 3 rings (SSSR count). The van der Waals surface area contributed by atoms with Crippen LogP contribution in [0.15, 0.2) is 27.8 Å². The Morgan fingerprint density at radius 2 is 2.23 bits per heavy atom. The van der Waals surface area contributed by atoms with E-state index in [1.165, 1.54) is 11.3 Å². The zero-order valence-electron chi connectivity index (χ0n) is 17.4. The second-order valence-electron chi connectivity index (χ2n) is 6.33. The molecule has 1 atom stereocenters. The number of nitrogens with one attached hydrogen (secondary N) is 3. The molecular formula is C19H25N7O3S. The highest BCUT2D eigenvalue weighted by molar-refractivity contribution is 7.13. The largest absolute Gasteiger partial charge is 0.462 e. The number of hydrogen-bond acceptors (Lipinski definition) is 8. The molecular weight excluding hydrogens is 406 g/mol. The predicted molar refractivity (Wildman–Crippen MR) is 113 cm³/mol. The van der Waals surface area contributed by atoms with E-state index in [9.17, 15) is 4.79 Å². The minimum atomic E-state index is -0.343. The number of hydrogen-bond donors (Lipinski definition) is 3. The Balaban J connectivity index is 1.67. The number of ether oxygens (including phenoxy) is 1. The van der Waals surface area contributed by atoms with Gasteiger partial charge in [-0.15, -0.1) is 16.4 Å². The Kier molecular flexibility index (Phi) is 7.17. The molecule has 11 heteroatoms. The Morgan fingerprint density at radius 3 is 2.93 bits per heavy atom. The van der Waals surface area contributed by atoms with E-state index in [2.05, 4.69) is 35.8 Å². The molecule has 3 N–H and O–H groups in total. The smallest absolute Gasteiger partial charge is 0.350 e. The third kappa shape index (κ3) is 5.23. The van der Waals surface area contributed by atoms with Gasteiger partial charge in [0, 0.05) is 6.54 Å². The van der Waals surface area contributed by atoms with E-state index in [-0.39, 0.29) is 12.0 Å². The maximum absolute atomic E-state index is 12.0. The van der Waals surface area contributed by atoms with Crippen LogP contribution >= 0.6 is 11.3 Å². The minimum Gasteiger partial charge on any atom is -0.462 e. The van der Waals surface area contributed by atoms with Gasteiger partial charge in [0.1, 0.15) is 22.3 Å². The summed E-state index contributed by atoms with van der Waals surface area (Å²) in [5.74, 6) is 1.95. The number of aryl methyl sites for hydroxylation is 1. The number of thiazole rings is 1. The Hall–Kier alpha value is -3.21. The lowest BCUT2D eigenvalue weighted by atomic mass is 10.3. The lowest BCUT2D eigenvalue weighted by Gasteiger charge is -2.15. The molecule has 30 heavy (non-hydrogen) atoms. The molecule has 0 saturated carbocycles. The summed E-state index contributed by atoms with van der Waals surface area (Å²) in [5, 5.41) is 14.3. The van der Waals surface area contributed by atoms with Gasteiger partial charge >= 0.3 is 5.97 Å². The molecule has 3 aromatic rings. The van der Waals surface area contributed by atoms with Crippen molar-refractivity contribution in [2.24, 2.45) is 4.99 Å². The molecule has 0 saturated heterocycles. The second kappa shape index (κ2) is 10.0. The van der Waals surface area contributed by atoms with E-state index in [1.54, 1.807) is 32.2 Å². The van der Waals surface area contributed by atoms with Gasteiger partial charge in [0.2, 0.25) is 5.82 Å². The third-order valence-corrected chi connectivity index (χ3v) is 5.32. The van der Waals surface area contributed by atoms with Gasteiger partial charge in [-0.2, -0.15) is 0 Å². The first kappa shape index (κ1) is 21.5. The van der Waals surface area contributed by atoms with Crippen LogP contribution in [-0.2, 0) is 11.3 Å². The number of carbonyl (C=O) groups excluding carboxylic acids is 1. The van der Waals surface area contributed by atoms with Crippen LogP contribution in [0, 0.1) is 6.92 Å². The van der Waals surface area contributed by atoms with Crippen molar-refractivity contribution in [3.05, 3.63) is 39.8 Å². The SMILES string of the molecule is CCNC(=NCc1nc(-c2ccco2)n[nH]1)NC(C)c1nc(C)c(C(=O)OCC)s1. The lowest BCUT2D eigenvalue weighted by molar-refractivity contribution is 0.0531. The van der Waals surface area contributed by atoms with E-state index in [0.29, 0.717) is 53.6 Å². The van der Waals surface area contributed by atoms with Crippen LogP contribution < -0.4 is 10.6 Å². The van der Waals surface area contributed by atoms with Gasteiger partial charge in [-0.1, -0.05) is 0 Å². The average Bonchev–Trinajstić information content (AvgIpc) is 3.46. The van der Waals surface area contributed by atoms with Crippen molar-refractivity contribution in [2.45, 2.75) is 40.3 Å². The first-order valence-corrected chi connectivity index (χ1v) is 10.5. The monoisotopic (exact) mass is 431 g/mol. The molecule has 10 nitrogen and oxygen atoms in total. The fourth-order valence-electron chi connectivity index (χ4n) is 2.61. The van der Waals surface area contributed by atoms with Gasteiger partial charge in [0.05, 0.1) is 24.6 Å². The van der Waals surface area contributed by atoms with Crippen LogP contribution in [0.3, 0.4) is 0 Å². The highest BCUT2D eigenvalue weighted by Gasteiger charge is 2.20. The quantitative estimate of drug-likeness (QED) is 0.282. The van der Waals surface area contributed by atoms with Crippen LogP contribution in [0.25, 0.3) is 11.6 Å². The van der Waals surface area contributed by atoms with E-state index >= 15 is 0 Å². The van der Waals surface area contributed by atoms with Crippen LogP contribution in [0.2, 0.25) is 0 Å². The van der Waals surface area contributed by atoms with Gasteiger partial charge in [-0.25, -0.2) is 19.8 Å². The minimum absolute atomic E-state index is 0.150. The molecule has 0 aliphatic carbocycles. The maximum atomic E-state index is 12.0. The Bertz CT molecular complexity index is 994. The van der Waals surface area contributed by atoms with Gasteiger partial charge in [0.15, 0.2) is 11.7 Å². The number of aromatic amines is 1. The van der Waals surface area contributed by atoms with Crippen LogP contribution in [0.1, 0.15) is 53.0 Å². The predicted octanol–water partition coefficient (Wildman–Crippen LogP) is 2.82. The normalized spacial score (nSPS) is 12.6. The molecule has 1 unspecified atom stereocenters. The number of aliphatic imine (C=N–C) groups is 1. The number of furan rings is 1. The molecule has 3 heterocycles. The number of carbonyl (C=O) groups is 1. The zero-order chi connectivity index (χ0) is 21.5. The van der Waals surface area contributed by atoms with Gasteiger partial charge in [-0.3, -0.25) is 5.10 Å². The molecule has 0 spiro atoms. The summed E-state index contributed by atoms with van der Waals surface area (Å²) in [6.07, 6.45) is 1.58. The van der Waals surface area contributed by atoms with E-state index in [0.717, 1.165) is 5.01 Å². The van der Waals surface area contributed by atoms with Crippen molar-refractivity contribution in [3.63, 3.8) is 0 Å². The number of esters is 1. The average molecular weight is 432 g/mol. The first-order chi connectivity index (χ1) is 14.5. The van der Waals surface area contributed by atoms with Gasteiger partial charge in [0.25, 0.3) is 0 Å². The number of rotatable bonds is 8. The number of aromatic nitrogens is 4. The van der Waals surface area contributed by atoms with E-state index in [4.69, 9.17) is 9.15 Å². The molecule has 0 amide bonds. The molecule has 0 aromatic carbocycles. The van der Waals surface area contributed by atoms with Crippen molar-refractivity contribution < 1.29 is 13.9 Å². The van der Waals surface area contributed by atoms with Crippen LogP contribution in [0.5, 0.6) is 0 Å². The highest BCUT2D eigenvalue weighted by Crippen LogP contribution is 2.24. The molecule has 0 bridgehead atoms. The zero-order valence-corrected chi connectivity index (χ0v) is 18.2. The molecule has 0 aliphatic rings. The lowest BCUT2D eigenvalue weighted by Crippen LogP contribution is -2.38. The summed E-state index contributed by atoms with van der Waals surface area (Å²) in [7, 11) is 0. The number of guanidine groups is 1. The summed E-state index contributed by atoms with van der Waals surface area (Å²) in [4.78, 5) is 26.0. The summed E-state index contributed by atoms with van der Waals surface area (Å²) < 4.78 is 10.4. The van der Waals surface area contributed by atoms with Crippen molar-refractivity contribution in [2.75, 3.05) is 13.2 Å². The first-order valence-electron chi connectivity index (χ1n) is 9.66. The molecule has 0 fully saturated rings. The Labute approximate surface area is 178 Å². The third-order valence-electron chi connectivity index (χ3n) is 4.00. The van der Waals surface area contributed by atoms with Gasteiger partial charge < -0.3 is 19.8 Å². The number of nitrogens with zero attached hydrogens (tertiary/aromatic N) is 4. The topological polar surface area (TPSA) is 130 Å². The fraction of sp³-hybridized carbons (Fsp3) is 0.421. The fourth-order valence-corrected chi connectivity index (χ4v) is 3.57. The summed E-state index contributed by atoms with van der Waals surface area (Å²) in [6.45, 7) is 8.86. The highest BCUT2D eigenvalue weighted by atomic mass is 32.1. The summed E-state index contributed by atoms with van der Waals surface area (Å²) >= 11 is 1.32. The summed E-state index contributed by atoms with van der Waals surface area (Å²) in [6, 6.07) is 3.43. The molecule has 160 valence electrons. The molecule has 0 radical (unpaired) electrons. The Morgan fingerprint density at radius 1 is 1.40 bits per heavy atom. The molecule has 0 aliphatic heterocycles. The van der Waals surface area contributed by atoms with Crippen molar-refractivity contribution in [3.8, 4) is 11.6 Å². The molecule has 3 aromatic heterocycles. The number of H-pyrrole nitrogens is 1. The standard InChI is InChI=1S/C19H25N7O3S/c1-5-20-19(21-10-14-24-16(26-25-14)13-8-7-9-29-13)23-12(4)17-22-11(3)15(30-17)18(27)28-6-2/h7-9,12H,5-6,10H2,1-4H3,(H2,20,21,23)(H,24,25,26). The van der Waals surface area contributed by atoms with Gasteiger partial charge in [-0.05, 0) is 39.8 Å². The maximum Gasteiger partial charge on any atom is 0.350 e. The van der Waals surface area contributed by atoms with Crippen molar-refractivity contribution in [1.29, 1.82) is 0 Å². The second-order valence-corrected chi connectivity index (χ2v) is 7.36. The van der Waals surface area contributed by atoms with Crippen molar-refractivity contribution in [1.82, 2.24) is 30.8 Å².